The van der Waals surface area contributed by atoms with Gasteiger partial charge in [-0.2, -0.15) is 0 Å². The van der Waals surface area contributed by atoms with Crippen LogP contribution in [-0.2, 0) is 4.74 Å². The Hall–Kier alpha value is -2.93. The minimum Gasteiger partial charge on any atom is -0.441 e. The van der Waals surface area contributed by atoms with Gasteiger partial charge < -0.3 is 15.6 Å². The molecule has 0 radical (unpaired) electrons. The predicted octanol–water partition coefficient (Wildman–Crippen LogP) is 2.91. The van der Waals surface area contributed by atoms with Crippen molar-refractivity contribution in [2.45, 2.75) is 20.0 Å². The van der Waals surface area contributed by atoms with Gasteiger partial charge in [-0.05, 0) is 38.1 Å². The number of hydrogen-bond acceptors (Lipinski definition) is 5. The largest absolute Gasteiger partial charge is 0.441 e. The summed E-state index contributed by atoms with van der Waals surface area (Å²) >= 11 is 0. The van der Waals surface area contributed by atoms with Crippen LogP contribution in [0.1, 0.15) is 19.5 Å². The Balaban J connectivity index is 1.86. The van der Waals surface area contributed by atoms with Gasteiger partial charge >= 0.3 is 6.09 Å². The van der Waals surface area contributed by atoms with Gasteiger partial charge in [0.2, 0.25) is 0 Å². The number of pyridine rings is 1. The molecule has 1 aromatic heterocycles. The molecule has 0 aliphatic carbocycles. The van der Waals surface area contributed by atoms with Crippen LogP contribution in [0.3, 0.4) is 0 Å². The van der Waals surface area contributed by atoms with Gasteiger partial charge in [0.25, 0.3) is 0 Å². The zero-order valence-corrected chi connectivity index (χ0v) is 14.6. The second-order valence-corrected chi connectivity index (χ2v) is 6.31. The van der Waals surface area contributed by atoms with Crippen molar-refractivity contribution in [2.24, 2.45) is 5.73 Å². The van der Waals surface area contributed by atoms with Crippen molar-refractivity contribution in [1.82, 2.24) is 4.98 Å². The Kier molecular flexibility index (Phi) is 4.90. The molecule has 1 aromatic carbocycles. The molecule has 3 N–H and O–H groups in total. The van der Waals surface area contributed by atoms with Crippen molar-refractivity contribution in [1.29, 1.82) is 0 Å². The lowest BCUT2D eigenvalue weighted by atomic mass is 10.1. The highest BCUT2D eigenvalue weighted by molar-refractivity contribution is 5.90. The molecule has 26 heavy (non-hydrogen) atoms. The van der Waals surface area contributed by atoms with Gasteiger partial charge in [-0.1, -0.05) is 11.6 Å². The van der Waals surface area contributed by atoms with E-state index in [4.69, 9.17) is 15.6 Å². The quantitative estimate of drug-likeness (QED) is 0.878. The van der Waals surface area contributed by atoms with E-state index in [9.17, 15) is 9.18 Å². The molecule has 1 fully saturated rings. The molecule has 1 aliphatic heterocycles. The van der Waals surface area contributed by atoms with E-state index in [1.54, 1.807) is 30.5 Å². The Bertz CT molecular complexity index is 861. The van der Waals surface area contributed by atoms with Crippen molar-refractivity contribution in [3.63, 3.8) is 0 Å². The SMILES string of the molecule is CC(C)=C(N)c1ccc(-c2ccc(N3C[C@H](CO)OC3=O)cc2F)cn1. The number of ether oxygens (including phenoxy) is 1. The number of hydrogen-bond donors (Lipinski definition) is 2. The van der Waals surface area contributed by atoms with Gasteiger partial charge in [0.1, 0.15) is 11.9 Å². The first-order valence-corrected chi connectivity index (χ1v) is 8.19. The average molecular weight is 357 g/mol. The summed E-state index contributed by atoms with van der Waals surface area (Å²) in [5.41, 5.74) is 9.51. The molecular weight excluding hydrogens is 337 g/mol. The van der Waals surface area contributed by atoms with Crippen LogP contribution >= 0.6 is 0 Å². The molecule has 2 aromatic rings. The van der Waals surface area contributed by atoms with E-state index in [1.165, 1.54) is 11.0 Å². The molecule has 0 bridgehead atoms. The fourth-order valence-electron chi connectivity index (χ4n) is 2.70. The normalized spacial score (nSPS) is 16.5. The Morgan fingerprint density at radius 3 is 2.69 bits per heavy atom. The van der Waals surface area contributed by atoms with E-state index in [1.807, 2.05) is 13.8 Å². The molecule has 7 heteroatoms. The average Bonchev–Trinajstić information content (AvgIpc) is 3.02. The van der Waals surface area contributed by atoms with E-state index in [0.717, 1.165) is 5.57 Å². The van der Waals surface area contributed by atoms with E-state index in [-0.39, 0.29) is 13.2 Å². The summed E-state index contributed by atoms with van der Waals surface area (Å²) in [5, 5.41) is 9.09. The number of nitrogens with zero attached hydrogens (tertiary/aromatic N) is 2. The summed E-state index contributed by atoms with van der Waals surface area (Å²) in [7, 11) is 0. The van der Waals surface area contributed by atoms with Crippen LogP contribution in [0.25, 0.3) is 16.8 Å². The number of aliphatic hydroxyl groups is 1. The Labute approximate surface area is 150 Å². The Morgan fingerprint density at radius 1 is 1.38 bits per heavy atom. The number of halogens is 1. The first-order valence-electron chi connectivity index (χ1n) is 8.19. The highest BCUT2D eigenvalue weighted by atomic mass is 19.1. The molecule has 1 amide bonds. The van der Waals surface area contributed by atoms with Crippen molar-refractivity contribution >= 4 is 17.5 Å². The maximum absolute atomic E-state index is 14.6. The fraction of sp³-hybridized carbons (Fsp3) is 0.263. The lowest BCUT2D eigenvalue weighted by molar-refractivity contribution is 0.0963. The topological polar surface area (TPSA) is 88.7 Å². The summed E-state index contributed by atoms with van der Waals surface area (Å²) < 4.78 is 19.6. The highest BCUT2D eigenvalue weighted by Gasteiger charge is 2.32. The van der Waals surface area contributed by atoms with Crippen LogP contribution in [0.4, 0.5) is 14.9 Å². The molecule has 0 spiro atoms. The van der Waals surface area contributed by atoms with Crippen LogP contribution in [-0.4, -0.2) is 35.4 Å². The van der Waals surface area contributed by atoms with E-state index in [0.29, 0.717) is 28.2 Å². The van der Waals surface area contributed by atoms with Gasteiger partial charge in [-0.15, -0.1) is 0 Å². The number of amides is 1. The molecule has 3 rings (SSSR count). The second-order valence-electron chi connectivity index (χ2n) is 6.31. The minimum absolute atomic E-state index is 0.187. The number of benzene rings is 1. The molecular formula is C19H20FN3O3. The predicted molar refractivity (Wildman–Crippen MR) is 96.8 cm³/mol. The number of rotatable bonds is 4. The summed E-state index contributed by atoms with van der Waals surface area (Å²) in [6, 6.07) is 7.99. The first-order chi connectivity index (χ1) is 12.4. The minimum atomic E-state index is -0.598. The summed E-state index contributed by atoms with van der Waals surface area (Å²) in [6.45, 7) is 3.71. The van der Waals surface area contributed by atoms with Gasteiger partial charge in [-0.25, -0.2) is 9.18 Å². The van der Waals surface area contributed by atoms with Crippen molar-refractivity contribution in [3.05, 3.63) is 53.6 Å². The van der Waals surface area contributed by atoms with Crippen molar-refractivity contribution in [2.75, 3.05) is 18.1 Å². The molecule has 136 valence electrons. The van der Waals surface area contributed by atoms with Gasteiger partial charge in [0.15, 0.2) is 0 Å². The van der Waals surface area contributed by atoms with Gasteiger partial charge in [0, 0.05) is 17.3 Å². The number of aromatic nitrogens is 1. The highest BCUT2D eigenvalue weighted by Crippen LogP contribution is 2.29. The molecule has 1 aliphatic rings. The van der Waals surface area contributed by atoms with Crippen molar-refractivity contribution in [3.8, 4) is 11.1 Å². The molecule has 1 saturated heterocycles. The van der Waals surface area contributed by atoms with E-state index >= 15 is 0 Å². The summed E-state index contributed by atoms with van der Waals surface area (Å²) in [6.07, 6.45) is 0.372. The maximum Gasteiger partial charge on any atom is 0.414 e. The van der Waals surface area contributed by atoms with Crippen molar-refractivity contribution < 1.29 is 19.0 Å². The third kappa shape index (κ3) is 3.39. The fourth-order valence-corrected chi connectivity index (χ4v) is 2.70. The zero-order valence-electron chi connectivity index (χ0n) is 14.6. The lowest BCUT2D eigenvalue weighted by Gasteiger charge is -2.14. The number of cyclic esters (lactones) is 1. The first kappa shape index (κ1) is 17.9. The van der Waals surface area contributed by atoms with Gasteiger partial charge in [0.05, 0.1) is 30.2 Å². The molecule has 2 heterocycles. The van der Waals surface area contributed by atoms with Crippen LogP contribution in [0.5, 0.6) is 0 Å². The third-order valence-corrected chi connectivity index (χ3v) is 4.23. The number of allylic oxidation sites excluding steroid dienone is 1. The number of aliphatic hydroxyl groups excluding tert-OH is 1. The molecule has 0 saturated carbocycles. The van der Waals surface area contributed by atoms with Crippen LogP contribution in [0.2, 0.25) is 0 Å². The lowest BCUT2D eigenvalue weighted by Crippen LogP contribution is -2.25. The second kappa shape index (κ2) is 7.13. The van der Waals surface area contributed by atoms with Crippen LogP contribution < -0.4 is 10.6 Å². The maximum atomic E-state index is 14.6. The monoisotopic (exact) mass is 357 g/mol. The smallest absolute Gasteiger partial charge is 0.414 e. The van der Waals surface area contributed by atoms with Crippen LogP contribution in [0.15, 0.2) is 42.1 Å². The summed E-state index contributed by atoms with van der Waals surface area (Å²) in [5.74, 6) is -0.479. The number of carbonyl (C=O) groups excluding carboxylic acids is 1. The third-order valence-electron chi connectivity index (χ3n) is 4.23. The Morgan fingerprint density at radius 2 is 2.15 bits per heavy atom. The zero-order chi connectivity index (χ0) is 18.8. The number of nitrogens with two attached hydrogens (primary N) is 1. The van der Waals surface area contributed by atoms with Gasteiger partial charge in [-0.3, -0.25) is 9.88 Å². The van der Waals surface area contributed by atoms with E-state index in [2.05, 4.69) is 4.98 Å². The number of anilines is 1. The number of carbonyl (C=O) groups is 1. The standard InChI is InChI=1S/C19H20FN3O3/c1-11(2)18(21)17-6-3-12(8-22-17)15-5-4-13(7-16(15)20)23-9-14(10-24)26-19(23)25/h3-8,14,24H,9-10,21H2,1-2H3/t14-/m1/s1. The summed E-state index contributed by atoms with van der Waals surface area (Å²) in [4.78, 5) is 17.4. The molecule has 1 atom stereocenters. The van der Waals surface area contributed by atoms with Crippen LogP contribution in [0, 0.1) is 5.82 Å². The molecule has 6 nitrogen and oxygen atoms in total. The van der Waals surface area contributed by atoms with E-state index < -0.39 is 18.0 Å². The molecule has 0 unspecified atom stereocenters.